The summed E-state index contributed by atoms with van der Waals surface area (Å²) >= 11 is 0. The van der Waals surface area contributed by atoms with E-state index in [1.165, 1.54) is 18.3 Å². The molecule has 0 saturated heterocycles. The van der Waals surface area contributed by atoms with E-state index in [1.807, 2.05) is 0 Å². The highest BCUT2D eigenvalue weighted by Gasteiger charge is 2.46. The summed E-state index contributed by atoms with van der Waals surface area (Å²) in [4.78, 5) is 32.1. The summed E-state index contributed by atoms with van der Waals surface area (Å²) in [6.07, 6.45) is 3.06. The number of amides is 1. The maximum Gasteiger partial charge on any atom is 0.290 e. The van der Waals surface area contributed by atoms with Crippen LogP contribution >= 0.6 is 0 Å². The highest BCUT2D eigenvalue weighted by molar-refractivity contribution is 6.16. The van der Waals surface area contributed by atoms with Crippen LogP contribution in [0.25, 0.3) is 11.0 Å². The molecule has 0 fully saturated rings. The van der Waals surface area contributed by atoms with Crippen LogP contribution in [0, 0.1) is 0 Å². The summed E-state index contributed by atoms with van der Waals surface area (Å²) in [6, 6.07) is 14.5. The maximum atomic E-state index is 13.5. The summed E-state index contributed by atoms with van der Waals surface area (Å²) in [5.41, 5.74) is 0.897. The van der Waals surface area contributed by atoms with Crippen LogP contribution < -0.4 is 4.74 Å². The SMILES string of the molecule is COc1cccc2cc(C(=O)C3=C(O)C(=O)N(Cc4ccccn4)C3c3ccco3)oc12. The number of methoxy groups -OCH3 is 1. The van der Waals surface area contributed by atoms with Gasteiger partial charge in [0.25, 0.3) is 5.91 Å². The Morgan fingerprint density at radius 1 is 1.19 bits per heavy atom. The smallest absolute Gasteiger partial charge is 0.290 e. The highest BCUT2D eigenvalue weighted by atomic mass is 16.5. The van der Waals surface area contributed by atoms with Crippen molar-refractivity contribution < 1.29 is 28.3 Å². The lowest BCUT2D eigenvalue weighted by atomic mass is 9.99. The number of carbonyl (C=O) groups is 2. The fourth-order valence-corrected chi connectivity index (χ4v) is 3.90. The first-order valence-corrected chi connectivity index (χ1v) is 9.87. The predicted molar refractivity (Wildman–Crippen MR) is 113 cm³/mol. The van der Waals surface area contributed by atoms with Crippen molar-refractivity contribution in [2.75, 3.05) is 7.11 Å². The number of aliphatic hydroxyl groups excluding tert-OH is 1. The minimum atomic E-state index is -0.929. The molecule has 0 radical (unpaired) electrons. The van der Waals surface area contributed by atoms with Crippen molar-refractivity contribution in [1.29, 1.82) is 0 Å². The second kappa shape index (κ2) is 7.73. The van der Waals surface area contributed by atoms with Crippen LogP contribution in [-0.4, -0.2) is 33.8 Å². The van der Waals surface area contributed by atoms with E-state index in [0.717, 1.165) is 0 Å². The molecular weight excluding hydrogens is 412 g/mol. The van der Waals surface area contributed by atoms with E-state index in [2.05, 4.69) is 4.98 Å². The molecule has 1 aliphatic heterocycles. The van der Waals surface area contributed by atoms with Gasteiger partial charge in [-0.25, -0.2) is 0 Å². The van der Waals surface area contributed by atoms with Gasteiger partial charge in [0.1, 0.15) is 11.8 Å². The molecular formula is C24H18N2O6. The minimum absolute atomic E-state index is 0.0184. The van der Waals surface area contributed by atoms with Crippen molar-refractivity contribution in [3.63, 3.8) is 0 Å². The number of hydrogen-bond acceptors (Lipinski definition) is 7. The predicted octanol–water partition coefficient (Wildman–Crippen LogP) is 4.21. The zero-order valence-corrected chi connectivity index (χ0v) is 17.0. The van der Waals surface area contributed by atoms with E-state index in [0.29, 0.717) is 28.2 Å². The first-order chi connectivity index (χ1) is 15.6. The van der Waals surface area contributed by atoms with E-state index >= 15 is 0 Å². The van der Waals surface area contributed by atoms with Crippen LogP contribution in [0.4, 0.5) is 0 Å². The van der Waals surface area contributed by atoms with Gasteiger partial charge in [0, 0.05) is 11.6 Å². The number of para-hydroxylation sites is 1. The van der Waals surface area contributed by atoms with Crippen LogP contribution in [0.15, 0.2) is 87.2 Å². The number of ether oxygens (including phenoxy) is 1. The van der Waals surface area contributed by atoms with Gasteiger partial charge in [-0.15, -0.1) is 0 Å². The largest absolute Gasteiger partial charge is 0.503 e. The Hall–Kier alpha value is -4.33. The number of hydrogen-bond donors (Lipinski definition) is 1. The first-order valence-electron chi connectivity index (χ1n) is 9.87. The van der Waals surface area contributed by atoms with Crippen LogP contribution in [0.3, 0.4) is 0 Å². The fraction of sp³-hybridized carbons (Fsp3) is 0.125. The Kier molecular flexibility index (Phi) is 4.74. The third-order valence-electron chi connectivity index (χ3n) is 5.37. The lowest BCUT2D eigenvalue weighted by molar-refractivity contribution is -0.130. The molecule has 0 spiro atoms. The molecule has 160 valence electrons. The first kappa shape index (κ1) is 19.6. The second-order valence-corrected chi connectivity index (χ2v) is 7.25. The number of aliphatic hydroxyl groups is 1. The van der Waals surface area contributed by atoms with Gasteiger partial charge in [0.05, 0.1) is 31.2 Å². The molecule has 1 unspecified atom stereocenters. The third-order valence-corrected chi connectivity index (χ3v) is 5.37. The van der Waals surface area contributed by atoms with Crippen molar-refractivity contribution in [3.8, 4) is 5.75 Å². The molecule has 32 heavy (non-hydrogen) atoms. The molecule has 0 saturated carbocycles. The number of benzene rings is 1. The van der Waals surface area contributed by atoms with Gasteiger partial charge in [-0.1, -0.05) is 18.2 Å². The third kappa shape index (κ3) is 3.13. The van der Waals surface area contributed by atoms with Gasteiger partial charge in [-0.05, 0) is 36.4 Å². The van der Waals surface area contributed by atoms with Crippen molar-refractivity contribution in [1.82, 2.24) is 9.88 Å². The summed E-state index contributed by atoms with van der Waals surface area (Å²) in [5.74, 6) is -1.14. The topological polar surface area (TPSA) is 106 Å². The number of fused-ring (bicyclic) bond motifs is 1. The summed E-state index contributed by atoms with van der Waals surface area (Å²) in [6.45, 7) is 0.0832. The highest BCUT2D eigenvalue weighted by Crippen LogP contribution is 2.41. The molecule has 0 bridgehead atoms. The van der Waals surface area contributed by atoms with Gasteiger partial charge in [-0.2, -0.15) is 0 Å². The number of ketones is 1. The van der Waals surface area contributed by atoms with E-state index in [4.69, 9.17) is 13.6 Å². The quantitative estimate of drug-likeness (QED) is 0.457. The van der Waals surface area contributed by atoms with Crippen molar-refractivity contribution in [3.05, 3.63) is 95.6 Å². The Balaban J connectivity index is 1.58. The number of rotatable bonds is 6. The number of carbonyl (C=O) groups excluding carboxylic acids is 2. The van der Waals surface area contributed by atoms with Crippen molar-refractivity contribution in [2.45, 2.75) is 12.6 Å². The average molecular weight is 430 g/mol. The molecule has 4 heterocycles. The molecule has 5 rings (SSSR count). The van der Waals surface area contributed by atoms with E-state index in [-0.39, 0.29) is 17.9 Å². The molecule has 8 heteroatoms. The van der Waals surface area contributed by atoms with Crippen LogP contribution in [0.2, 0.25) is 0 Å². The molecule has 0 aliphatic carbocycles. The van der Waals surface area contributed by atoms with Crippen LogP contribution in [-0.2, 0) is 11.3 Å². The molecule has 3 aromatic heterocycles. The lowest BCUT2D eigenvalue weighted by Gasteiger charge is -2.24. The summed E-state index contributed by atoms with van der Waals surface area (Å²) in [5, 5.41) is 11.4. The van der Waals surface area contributed by atoms with E-state index in [1.54, 1.807) is 60.8 Å². The van der Waals surface area contributed by atoms with Gasteiger partial charge in [0.2, 0.25) is 5.78 Å². The van der Waals surface area contributed by atoms with Crippen molar-refractivity contribution in [2.24, 2.45) is 0 Å². The zero-order valence-electron chi connectivity index (χ0n) is 17.0. The molecule has 1 aromatic carbocycles. The van der Waals surface area contributed by atoms with E-state index < -0.39 is 23.5 Å². The summed E-state index contributed by atoms with van der Waals surface area (Å²) < 4.78 is 16.6. The Bertz CT molecular complexity index is 1340. The monoisotopic (exact) mass is 430 g/mol. The number of Topliss-reactive ketones (excluding diaryl/α,β-unsaturated/α-hetero) is 1. The van der Waals surface area contributed by atoms with Crippen LogP contribution in [0.5, 0.6) is 5.75 Å². The van der Waals surface area contributed by atoms with Crippen molar-refractivity contribution >= 4 is 22.7 Å². The number of furan rings is 2. The molecule has 4 aromatic rings. The Morgan fingerprint density at radius 2 is 2.06 bits per heavy atom. The van der Waals surface area contributed by atoms with Gasteiger partial charge >= 0.3 is 0 Å². The van der Waals surface area contributed by atoms with E-state index in [9.17, 15) is 14.7 Å². The van der Waals surface area contributed by atoms with Gasteiger partial charge in [-0.3, -0.25) is 14.6 Å². The van der Waals surface area contributed by atoms with Gasteiger partial charge in [0.15, 0.2) is 22.9 Å². The standard InChI is InChI=1S/C24H18N2O6/c1-30-17-8-4-6-14-12-18(32-23(14)17)21(27)19-20(16-9-5-11-31-16)26(24(29)22(19)28)13-15-7-2-3-10-25-15/h2-12,20,28H,13H2,1H3. The number of pyridine rings is 1. The fourth-order valence-electron chi connectivity index (χ4n) is 3.90. The van der Waals surface area contributed by atoms with Crippen LogP contribution in [0.1, 0.15) is 28.1 Å². The van der Waals surface area contributed by atoms with Gasteiger partial charge < -0.3 is 23.6 Å². The Labute approximate surface area is 182 Å². The average Bonchev–Trinajstić information content (AvgIpc) is 3.54. The minimum Gasteiger partial charge on any atom is -0.503 e. The second-order valence-electron chi connectivity index (χ2n) is 7.25. The summed E-state index contributed by atoms with van der Waals surface area (Å²) in [7, 11) is 1.51. The molecule has 1 amide bonds. The molecule has 1 N–H and O–H groups in total. The lowest BCUT2D eigenvalue weighted by Crippen LogP contribution is -2.30. The number of nitrogens with zero attached hydrogens (tertiary/aromatic N) is 2. The number of aromatic nitrogens is 1. The molecule has 1 atom stereocenters. The molecule has 8 nitrogen and oxygen atoms in total. The maximum absolute atomic E-state index is 13.5. The Morgan fingerprint density at radius 3 is 2.78 bits per heavy atom. The zero-order chi connectivity index (χ0) is 22.2. The normalized spacial score (nSPS) is 16.2. The molecule has 1 aliphatic rings.